The Kier molecular flexibility index (Phi) is 3.23. The highest BCUT2D eigenvalue weighted by atomic mass is 35.5. The molecule has 2 heterocycles. The van der Waals surface area contributed by atoms with Crippen molar-refractivity contribution >= 4 is 28.9 Å². The number of hydrogen-bond donors (Lipinski definition) is 1. The molecule has 15 heavy (non-hydrogen) atoms. The minimum Gasteiger partial charge on any atom is -0.480 e. The van der Waals surface area contributed by atoms with Gasteiger partial charge in [-0.15, -0.1) is 11.3 Å². The van der Waals surface area contributed by atoms with Crippen LogP contribution < -0.4 is 0 Å². The summed E-state index contributed by atoms with van der Waals surface area (Å²) in [5, 5.41) is 9.86. The van der Waals surface area contributed by atoms with Gasteiger partial charge in [0.2, 0.25) is 0 Å². The predicted molar refractivity (Wildman–Crippen MR) is 58.2 cm³/mol. The van der Waals surface area contributed by atoms with E-state index in [-0.39, 0.29) is 6.04 Å². The van der Waals surface area contributed by atoms with Crippen molar-refractivity contribution in [3.05, 3.63) is 15.5 Å². The molecular formula is C9H11ClN2O2S. The molecular weight excluding hydrogens is 236 g/mol. The zero-order chi connectivity index (χ0) is 10.8. The van der Waals surface area contributed by atoms with E-state index in [0.29, 0.717) is 10.9 Å². The van der Waals surface area contributed by atoms with Crippen molar-refractivity contribution in [3.63, 3.8) is 0 Å². The Morgan fingerprint density at radius 2 is 2.60 bits per heavy atom. The van der Waals surface area contributed by atoms with Gasteiger partial charge in [0, 0.05) is 0 Å². The summed E-state index contributed by atoms with van der Waals surface area (Å²) in [4.78, 5) is 17.0. The van der Waals surface area contributed by atoms with Crippen molar-refractivity contribution in [2.45, 2.75) is 25.4 Å². The molecule has 2 rings (SSSR count). The number of halogens is 1. The van der Waals surface area contributed by atoms with Gasteiger partial charge >= 0.3 is 5.97 Å². The zero-order valence-electron chi connectivity index (χ0n) is 8.02. The van der Waals surface area contributed by atoms with Crippen LogP contribution in [0, 0.1) is 0 Å². The molecule has 0 aliphatic carbocycles. The lowest BCUT2D eigenvalue weighted by molar-refractivity contribution is -0.142. The summed E-state index contributed by atoms with van der Waals surface area (Å²) in [6.07, 6.45) is 3.28. The summed E-state index contributed by atoms with van der Waals surface area (Å²) in [7, 11) is 0. The van der Waals surface area contributed by atoms with E-state index >= 15 is 0 Å². The first-order valence-corrected chi connectivity index (χ1v) is 5.93. The summed E-state index contributed by atoms with van der Waals surface area (Å²) in [5.41, 5.74) is 0. The Labute approximate surface area is 96.5 Å². The predicted octanol–water partition coefficient (Wildman–Crippen LogP) is 1.85. The van der Waals surface area contributed by atoms with E-state index in [1.807, 2.05) is 4.90 Å². The number of rotatable bonds is 3. The summed E-state index contributed by atoms with van der Waals surface area (Å²) in [6.45, 7) is 1.42. The Balaban J connectivity index is 2.02. The second-order valence-electron chi connectivity index (χ2n) is 3.52. The van der Waals surface area contributed by atoms with E-state index in [4.69, 9.17) is 16.7 Å². The van der Waals surface area contributed by atoms with Gasteiger partial charge in [0.1, 0.15) is 15.4 Å². The van der Waals surface area contributed by atoms with Crippen LogP contribution >= 0.6 is 22.9 Å². The molecule has 1 aliphatic rings. The van der Waals surface area contributed by atoms with Crippen molar-refractivity contribution in [2.75, 3.05) is 6.54 Å². The first kappa shape index (κ1) is 10.9. The Bertz CT molecular complexity index is 369. The van der Waals surface area contributed by atoms with Crippen molar-refractivity contribution < 1.29 is 9.90 Å². The van der Waals surface area contributed by atoms with Gasteiger partial charge < -0.3 is 5.11 Å². The van der Waals surface area contributed by atoms with Crippen molar-refractivity contribution in [3.8, 4) is 0 Å². The molecule has 0 bridgehead atoms. The number of aromatic nitrogens is 1. The zero-order valence-corrected chi connectivity index (χ0v) is 9.59. The van der Waals surface area contributed by atoms with Gasteiger partial charge in [0.05, 0.1) is 12.7 Å². The molecule has 1 aromatic rings. The first-order chi connectivity index (χ1) is 7.16. The average molecular weight is 247 g/mol. The van der Waals surface area contributed by atoms with Crippen LogP contribution in [0.25, 0.3) is 0 Å². The fourth-order valence-electron chi connectivity index (χ4n) is 1.83. The highest BCUT2D eigenvalue weighted by molar-refractivity contribution is 7.15. The number of carbonyl (C=O) groups is 1. The topological polar surface area (TPSA) is 53.4 Å². The van der Waals surface area contributed by atoms with E-state index in [9.17, 15) is 4.79 Å². The maximum Gasteiger partial charge on any atom is 0.320 e. The molecule has 0 aromatic carbocycles. The van der Waals surface area contributed by atoms with Gasteiger partial charge in [-0.2, -0.15) is 0 Å². The van der Waals surface area contributed by atoms with Crippen LogP contribution in [0.4, 0.5) is 0 Å². The molecule has 82 valence electrons. The second kappa shape index (κ2) is 4.47. The third-order valence-corrected chi connectivity index (χ3v) is 3.61. The monoisotopic (exact) mass is 246 g/mol. The molecule has 1 N–H and O–H groups in total. The summed E-state index contributed by atoms with van der Waals surface area (Å²) >= 11 is 7.17. The smallest absolute Gasteiger partial charge is 0.320 e. The highest BCUT2D eigenvalue weighted by Gasteiger charge is 2.30. The number of hydrogen-bond acceptors (Lipinski definition) is 4. The lowest BCUT2D eigenvalue weighted by Crippen LogP contribution is -2.35. The van der Waals surface area contributed by atoms with Crippen LogP contribution in [-0.4, -0.2) is 33.5 Å². The molecule has 1 fully saturated rings. The van der Waals surface area contributed by atoms with Gasteiger partial charge in [-0.05, 0) is 19.4 Å². The van der Waals surface area contributed by atoms with Gasteiger partial charge in [0.15, 0.2) is 0 Å². The third kappa shape index (κ3) is 2.48. The Morgan fingerprint density at radius 1 is 1.80 bits per heavy atom. The fraction of sp³-hybridized carbons (Fsp3) is 0.556. The number of thiazole rings is 1. The van der Waals surface area contributed by atoms with Crippen molar-refractivity contribution in [1.82, 2.24) is 9.88 Å². The molecule has 1 aromatic heterocycles. The van der Waals surface area contributed by atoms with E-state index in [1.54, 1.807) is 6.20 Å². The lowest BCUT2D eigenvalue weighted by atomic mass is 10.2. The van der Waals surface area contributed by atoms with Gasteiger partial charge in [-0.1, -0.05) is 11.6 Å². The molecule has 1 saturated heterocycles. The first-order valence-electron chi connectivity index (χ1n) is 4.74. The average Bonchev–Trinajstić information content (AvgIpc) is 2.75. The second-order valence-corrected chi connectivity index (χ2v) is 5.27. The third-order valence-electron chi connectivity index (χ3n) is 2.51. The number of carboxylic acids is 1. The Hall–Kier alpha value is -0.650. The van der Waals surface area contributed by atoms with Crippen molar-refractivity contribution in [1.29, 1.82) is 0 Å². The number of aliphatic carboxylic acids is 1. The number of nitrogens with zero attached hydrogens (tertiary/aromatic N) is 2. The Morgan fingerprint density at radius 3 is 3.20 bits per heavy atom. The molecule has 1 aliphatic heterocycles. The van der Waals surface area contributed by atoms with Gasteiger partial charge in [-0.25, -0.2) is 4.98 Å². The van der Waals surface area contributed by atoms with Crippen LogP contribution in [0.1, 0.15) is 17.8 Å². The SMILES string of the molecule is O=C(O)C1CCCN1Cc1ncc(Cl)s1. The summed E-state index contributed by atoms with van der Waals surface area (Å²) in [6, 6.07) is -0.354. The van der Waals surface area contributed by atoms with Crippen LogP contribution in [-0.2, 0) is 11.3 Å². The largest absolute Gasteiger partial charge is 0.480 e. The van der Waals surface area contributed by atoms with Crippen LogP contribution in [0.2, 0.25) is 4.34 Å². The molecule has 0 saturated carbocycles. The van der Waals surface area contributed by atoms with E-state index in [1.165, 1.54) is 11.3 Å². The van der Waals surface area contributed by atoms with Gasteiger partial charge in [0.25, 0.3) is 0 Å². The lowest BCUT2D eigenvalue weighted by Gasteiger charge is -2.19. The number of carboxylic acid groups (broad SMARTS) is 1. The minimum atomic E-state index is -0.741. The molecule has 0 spiro atoms. The fourth-order valence-corrected chi connectivity index (χ4v) is 2.81. The maximum atomic E-state index is 10.9. The van der Waals surface area contributed by atoms with E-state index < -0.39 is 5.97 Å². The highest BCUT2D eigenvalue weighted by Crippen LogP contribution is 2.24. The standard InChI is InChI=1S/C9H11ClN2O2S/c10-7-4-11-8(15-7)5-12-3-1-2-6(12)9(13)14/h4,6H,1-3,5H2,(H,13,14). The van der Waals surface area contributed by atoms with E-state index in [0.717, 1.165) is 24.4 Å². The molecule has 6 heteroatoms. The molecule has 4 nitrogen and oxygen atoms in total. The van der Waals surface area contributed by atoms with Crippen LogP contribution in [0.3, 0.4) is 0 Å². The summed E-state index contributed by atoms with van der Waals surface area (Å²) < 4.78 is 0.649. The molecule has 0 amide bonds. The van der Waals surface area contributed by atoms with Gasteiger partial charge in [-0.3, -0.25) is 9.69 Å². The summed E-state index contributed by atoms with van der Waals surface area (Å²) in [5.74, 6) is -0.741. The number of likely N-dealkylation sites (tertiary alicyclic amines) is 1. The van der Waals surface area contributed by atoms with Crippen molar-refractivity contribution in [2.24, 2.45) is 0 Å². The quantitative estimate of drug-likeness (QED) is 0.884. The van der Waals surface area contributed by atoms with Crippen LogP contribution in [0.15, 0.2) is 6.20 Å². The van der Waals surface area contributed by atoms with E-state index in [2.05, 4.69) is 4.98 Å². The minimum absolute atomic E-state index is 0.354. The van der Waals surface area contributed by atoms with Crippen LogP contribution in [0.5, 0.6) is 0 Å². The molecule has 0 radical (unpaired) electrons. The maximum absolute atomic E-state index is 10.9. The normalized spacial score (nSPS) is 22.1. The molecule has 1 atom stereocenters. The molecule has 1 unspecified atom stereocenters.